The van der Waals surface area contributed by atoms with Crippen LogP contribution in [0.5, 0.6) is 0 Å². The lowest BCUT2D eigenvalue weighted by Crippen LogP contribution is -1.84. The van der Waals surface area contributed by atoms with Crippen molar-refractivity contribution in [2.45, 2.75) is 6.92 Å². The molecule has 0 aliphatic rings. The highest BCUT2D eigenvalue weighted by atomic mass is 14.8. The maximum Gasteiger partial charge on any atom is 0.139 e. The molecule has 0 unspecified atom stereocenters. The molecule has 3 aromatic rings. The highest BCUT2D eigenvalue weighted by Crippen LogP contribution is 2.29. The highest BCUT2D eigenvalue weighted by molar-refractivity contribution is 5.97. The fourth-order valence-corrected chi connectivity index (χ4v) is 2.12. The number of hydrogen-bond donors (Lipinski definition) is 1. The summed E-state index contributed by atoms with van der Waals surface area (Å²) in [6.45, 7) is 2.06. The summed E-state index contributed by atoms with van der Waals surface area (Å²) >= 11 is 0. The minimum atomic E-state index is 0.633. The predicted molar refractivity (Wildman–Crippen MR) is 71.0 cm³/mol. The van der Waals surface area contributed by atoms with Gasteiger partial charge < -0.3 is 4.98 Å². The Kier molecular flexibility index (Phi) is 2.35. The Labute approximate surface area is 105 Å². The number of aromatic nitrogens is 2. The van der Waals surface area contributed by atoms with Gasteiger partial charge in [0.2, 0.25) is 0 Å². The molecule has 0 spiro atoms. The number of hydrogen-bond acceptors (Lipinski definition) is 2. The molecule has 0 amide bonds. The molecule has 3 rings (SSSR count). The number of rotatable bonds is 1. The lowest BCUT2D eigenvalue weighted by atomic mass is 10.0. The van der Waals surface area contributed by atoms with Gasteiger partial charge in [-0.15, -0.1) is 0 Å². The van der Waals surface area contributed by atoms with E-state index in [1.807, 2.05) is 6.07 Å². The molecule has 0 saturated carbocycles. The van der Waals surface area contributed by atoms with Crippen molar-refractivity contribution < 1.29 is 0 Å². The average Bonchev–Trinajstić information content (AvgIpc) is 2.82. The van der Waals surface area contributed by atoms with Gasteiger partial charge in [-0.05, 0) is 24.1 Å². The normalized spacial score (nSPS) is 10.4. The van der Waals surface area contributed by atoms with Crippen LogP contribution in [-0.4, -0.2) is 9.97 Å². The van der Waals surface area contributed by atoms with Crippen LogP contribution in [0.3, 0.4) is 0 Å². The topological polar surface area (TPSA) is 52.5 Å². The number of fused-ring (bicyclic) bond motifs is 1. The minimum Gasteiger partial charge on any atom is -0.345 e. The van der Waals surface area contributed by atoms with E-state index in [2.05, 4.69) is 47.2 Å². The molecule has 0 saturated heterocycles. The second-order valence-corrected chi connectivity index (χ2v) is 4.26. The first-order chi connectivity index (χ1) is 8.79. The quantitative estimate of drug-likeness (QED) is 0.700. The van der Waals surface area contributed by atoms with Gasteiger partial charge in [-0.25, -0.2) is 4.98 Å². The van der Waals surface area contributed by atoms with E-state index in [4.69, 9.17) is 5.26 Å². The van der Waals surface area contributed by atoms with Crippen LogP contribution >= 0.6 is 0 Å². The van der Waals surface area contributed by atoms with E-state index in [9.17, 15) is 0 Å². The summed E-state index contributed by atoms with van der Waals surface area (Å²) in [5, 5.41) is 10.0. The second kappa shape index (κ2) is 4.01. The SMILES string of the molecule is Cc1ccc(-c2ccnc3[nH]cc(C#N)c23)cc1. The number of nitrogens with one attached hydrogen (secondary N) is 1. The number of H-pyrrole nitrogens is 1. The Balaban J connectivity index is 2.32. The molecular weight excluding hydrogens is 222 g/mol. The fraction of sp³-hybridized carbons (Fsp3) is 0.0667. The molecule has 0 aliphatic heterocycles. The van der Waals surface area contributed by atoms with E-state index in [0.717, 1.165) is 22.2 Å². The minimum absolute atomic E-state index is 0.633. The van der Waals surface area contributed by atoms with Gasteiger partial charge in [0.25, 0.3) is 0 Å². The number of aryl methyl sites for hydroxylation is 1. The molecule has 0 bridgehead atoms. The van der Waals surface area contributed by atoms with Gasteiger partial charge in [-0.3, -0.25) is 0 Å². The van der Waals surface area contributed by atoms with E-state index < -0.39 is 0 Å². The van der Waals surface area contributed by atoms with Crippen molar-refractivity contribution in [1.29, 1.82) is 5.26 Å². The molecule has 3 nitrogen and oxygen atoms in total. The molecule has 0 aliphatic carbocycles. The van der Waals surface area contributed by atoms with Gasteiger partial charge in [0, 0.05) is 17.8 Å². The van der Waals surface area contributed by atoms with E-state index in [0.29, 0.717) is 5.56 Å². The summed E-state index contributed by atoms with van der Waals surface area (Å²) in [6.07, 6.45) is 3.46. The molecule has 0 radical (unpaired) electrons. The van der Waals surface area contributed by atoms with Crippen LogP contribution in [0, 0.1) is 18.3 Å². The van der Waals surface area contributed by atoms with Gasteiger partial charge in [0.15, 0.2) is 0 Å². The lowest BCUT2D eigenvalue weighted by molar-refractivity contribution is 1.32. The molecule has 2 aromatic heterocycles. The summed E-state index contributed by atoms with van der Waals surface area (Å²) in [6, 6.07) is 12.4. The number of nitrogens with zero attached hydrogens (tertiary/aromatic N) is 2. The van der Waals surface area contributed by atoms with E-state index in [1.165, 1.54) is 5.56 Å². The van der Waals surface area contributed by atoms with E-state index in [-0.39, 0.29) is 0 Å². The van der Waals surface area contributed by atoms with Crippen LogP contribution in [0.25, 0.3) is 22.2 Å². The van der Waals surface area contributed by atoms with Crippen molar-refractivity contribution in [2.75, 3.05) is 0 Å². The van der Waals surface area contributed by atoms with Crippen molar-refractivity contribution in [3.05, 3.63) is 53.9 Å². The average molecular weight is 233 g/mol. The van der Waals surface area contributed by atoms with Crippen LogP contribution in [0.4, 0.5) is 0 Å². The zero-order chi connectivity index (χ0) is 12.5. The van der Waals surface area contributed by atoms with Crippen LogP contribution in [0.2, 0.25) is 0 Å². The van der Waals surface area contributed by atoms with Crippen LogP contribution in [0.15, 0.2) is 42.7 Å². The molecule has 0 fully saturated rings. The summed E-state index contributed by atoms with van der Waals surface area (Å²) in [4.78, 5) is 7.27. The summed E-state index contributed by atoms with van der Waals surface area (Å²) < 4.78 is 0. The maximum absolute atomic E-state index is 9.14. The Morgan fingerprint density at radius 1 is 1.17 bits per heavy atom. The Morgan fingerprint density at radius 2 is 1.94 bits per heavy atom. The standard InChI is InChI=1S/C15H11N3/c1-10-2-4-11(5-3-10)13-6-7-17-15-14(13)12(8-16)9-18-15/h2-7,9H,1H3,(H,17,18). The van der Waals surface area contributed by atoms with Crippen molar-refractivity contribution >= 4 is 11.0 Å². The summed E-state index contributed by atoms with van der Waals surface area (Å²) in [7, 11) is 0. The third-order valence-corrected chi connectivity index (χ3v) is 3.06. The van der Waals surface area contributed by atoms with Gasteiger partial charge in [0.1, 0.15) is 11.7 Å². The van der Waals surface area contributed by atoms with Crippen LogP contribution in [-0.2, 0) is 0 Å². The van der Waals surface area contributed by atoms with E-state index >= 15 is 0 Å². The molecule has 86 valence electrons. The highest BCUT2D eigenvalue weighted by Gasteiger charge is 2.10. The van der Waals surface area contributed by atoms with Crippen molar-refractivity contribution in [2.24, 2.45) is 0 Å². The first-order valence-corrected chi connectivity index (χ1v) is 5.73. The van der Waals surface area contributed by atoms with Crippen molar-refractivity contribution in [3.63, 3.8) is 0 Å². The molecule has 1 aromatic carbocycles. The Hall–Kier alpha value is -2.60. The second-order valence-electron chi connectivity index (χ2n) is 4.26. The summed E-state index contributed by atoms with van der Waals surface area (Å²) in [5.41, 5.74) is 4.75. The van der Waals surface area contributed by atoms with E-state index in [1.54, 1.807) is 12.4 Å². The van der Waals surface area contributed by atoms with Crippen molar-refractivity contribution in [3.8, 4) is 17.2 Å². The largest absolute Gasteiger partial charge is 0.345 e. The number of nitriles is 1. The fourth-order valence-electron chi connectivity index (χ4n) is 2.12. The van der Waals surface area contributed by atoms with Crippen LogP contribution < -0.4 is 0 Å². The monoisotopic (exact) mass is 233 g/mol. The van der Waals surface area contributed by atoms with Crippen LogP contribution in [0.1, 0.15) is 11.1 Å². The van der Waals surface area contributed by atoms with Crippen molar-refractivity contribution in [1.82, 2.24) is 9.97 Å². The summed E-state index contributed by atoms with van der Waals surface area (Å²) in [5.74, 6) is 0. The third-order valence-electron chi connectivity index (χ3n) is 3.06. The third kappa shape index (κ3) is 1.56. The maximum atomic E-state index is 9.14. The molecule has 18 heavy (non-hydrogen) atoms. The van der Waals surface area contributed by atoms with Gasteiger partial charge in [-0.2, -0.15) is 5.26 Å². The zero-order valence-electron chi connectivity index (χ0n) is 9.94. The molecule has 1 N–H and O–H groups in total. The van der Waals surface area contributed by atoms with Gasteiger partial charge in [-0.1, -0.05) is 29.8 Å². The number of benzene rings is 1. The lowest BCUT2D eigenvalue weighted by Gasteiger charge is -2.04. The first kappa shape index (κ1) is 10.5. The van der Waals surface area contributed by atoms with Gasteiger partial charge in [0.05, 0.1) is 5.56 Å². The molecule has 3 heteroatoms. The Bertz CT molecular complexity index is 745. The Morgan fingerprint density at radius 3 is 2.67 bits per heavy atom. The zero-order valence-corrected chi connectivity index (χ0v) is 9.94. The molecule has 0 atom stereocenters. The molecular formula is C15H11N3. The molecule has 2 heterocycles. The number of pyridine rings is 1. The van der Waals surface area contributed by atoms with Gasteiger partial charge >= 0.3 is 0 Å². The number of aromatic amines is 1. The predicted octanol–water partition coefficient (Wildman–Crippen LogP) is 3.41. The first-order valence-electron chi connectivity index (χ1n) is 5.73. The smallest absolute Gasteiger partial charge is 0.139 e.